The Bertz CT molecular complexity index is 807. The van der Waals surface area contributed by atoms with Gasteiger partial charge in [0.05, 0.1) is 26.3 Å². The molecule has 132 valence electrons. The molecule has 0 aliphatic heterocycles. The Balaban J connectivity index is 2.56. The van der Waals surface area contributed by atoms with Crippen molar-refractivity contribution in [3.8, 4) is 17.2 Å². The third-order valence-electron chi connectivity index (χ3n) is 3.33. The van der Waals surface area contributed by atoms with Crippen molar-refractivity contribution >= 4 is 39.9 Å². The van der Waals surface area contributed by atoms with Crippen LogP contribution in [0.25, 0.3) is 0 Å². The Kier molecular flexibility index (Phi) is 6.02. The molecule has 0 radical (unpaired) electrons. The van der Waals surface area contributed by atoms with E-state index in [-0.39, 0.29) is 22.8 Å². The average Bonchev–Trinajstić information content (AvgIpc) is 2.61. The molecule has 0 fully saturated rings. The van der Waals surface area contributed by atoms with Crippen molar-refractivity contribution in [1.29, 1.82) is 0 Å². The summed E-state index contributed by atoms with van der Waals surface area (Å²) in [5.41, 5.74) is -0.185. The average molecular weight is 458 g/mol. The van der Waals surface area contributed by atoms with Gasteiger partial charge >= 0.3 is 5.69 Å². The zero-order valence-corrected chi connectivity index (χ0v) is 15.8. The molecule has 0 bridgehead atoms. The van der Waals surface area contributed by atoms with Gasteiger partial charge in [0.15, 0.2) is 5.75 Å². The van der Waals surface area contributed by atoms with E-state index < -0.39 is 16.5 Å². The number of carbonyl (C=O) groups excluding carboxylic acids is 1. The summed E-state index contributed by atoms with van der Waals surface area (Å²) in [6, 6.07) is 8.26. The minimum absolute atomic E-state index is 0.0440. The van der Waals surface area contributed by atoms with Gasteiger partial charge in [-0.1, -0.05) is 0 Å². The van der Waals surface area contributed by atoms with E-state index in [2.05, 4.69) is 27.9 Å². The summed E-state index contributed by atoms with van der Waals surface area (Å²) < 4.78 is 16.4. The van der Waals surface area contributed by atoms with E-state index in [1.807, 2.05) is 0 Å². The van der Waals surface area contributed by atoms with E-state index in [1.54, 1.807) is 24.3 Å². The Hall–Kier alpha value is -2.56. The number of benzene rings is 2. The van der Waals surface area contributed by atoms with Crippen LogP contribution in [0.2, 0.25) is 0 Å². The van der Waals surface area contributed by atoms with Crippen LogP contribution in [0, 0.1) is 13.7 Å². The monoisotopic (exact) mass is 458 g/mol. The van der Waals surface area contributed by atoms with Crippen LogP contribution in [-0.4, -0.2) is 32.2 Å². The van der Waals surface area contributed by atoms with Gasteiger partial charge in [-0.05, 0) is 46.9 Å². The quantitative estimate of drug-likeness (QED) is 0.404. The Labute approximate surface area is 157 Å². The second kappa shape index (κ2) is 8.01. The molecule has 1 N–H and O–H groups in total. The van der Waals surface area contributed by atoms with E-state index in [0.29, 0.717) is 5.69 Å². The molecule has 2 rings (SSSR count). The second-order valence-corrected chi connectivity index (χ2v) is 6.01. The molecule has 25 heavy (non-hydrogen) atoms. The largest absolute Gasteiger partial charge is 0.493 e. The van der Waals surface area contributed by atoms with E-state index in [0.717, 1.165) is 3.57 Å². The number of hydrogen-bond acceptors (Lipinski definition) is 6. The summed E-state index contributed by atoms with van der Waals surface area (Å²) in [6.45, 7) is 0. The fourth-order valence-electron chi connectivity index (χ4n) is 2.23. The lowest BCUT2D eigenvalue weighted by Gasteiger charge is -2.15. The van der Waals surface area contributed by atoms with Gasteiger partial charge in [0.2, 0.25) is 11.5 Å². The van der Waals surface area contributed by atoms with Gasteiger partial charge in [-0.15, -0.1) is 0 Å². The lowest BCUT2D eigenvalue weighted by Crippen LogP contribution is -2.15. The number of anilines is 1. The molecule has 0 atom stereocenters. The molecule has 9 heteroatoms. The predicted octanol–water partition coefficient (Wildman–Crippen LogP) is 3.48. The van der Waals surface area contributed by atoms with Gasteiger partial charge in [-0.3, -0.25) is 14.9 Å². The summed E-state index contributed by atoms with van der Waals surface area (Å²) in [5, 5.41) is 14.1. The van der Waals surface area contributed by atoms with Gasteiger partial charge < -0.3 is 19.5 Å². The van der Waals surface area contributed by atoms with Gasteiger partial charge in [-0.25, -0.2) is 0 Å². The minimum atomic E-state index is -0.691. The standard InChI is InChI=1S/C16H15IN2O6/c1-23-12-8-11(13(19(21)22)15(25-3)14(12)24-2)16(20)18-10-6-4-9(17)5-7-10/h4-8H,1-3H3,(H,18,20). The van der Waals surface area contributed by atoms with Crippen LogP contribution in [-0.2, 0) is 0 Å². The van der Waals surface area contributed by atoms with Crippen molar-refractivity contribution in [2.24, 2.45) is 0 Å². The summed E-state index contributed by atoms with van der Waals surface area (Å²) in [7, 11) is 3.95. The molecule has 1 amide bonds. The van der Waals surface area contributed by atoms with Crippen molar-refractivity contribution in [2.75, 3.05) is 26.6 Å². The van der Waals surface area contributed by atoms with Crippen LogP contribution >= 0.6 is 22.6 Å². The van der Waals surface area contributed by atoms with Gasteiger partial charge in [0.1, 0.15) is 5.56 Å². The first kappa shape index (κ1) is 18.8. The first-order chi connectivity index (χ1) is 11.9. The van der Waals surface area contributed by atoms with Crippen LogP contribution in [0.3, 0.4) is 0 Å². The molecule has 8 nitrogen and oxygen atoms in total. The molecular weight excluding hydrogens is 443 g/mol. The molecule has 2 aromatic carbocycles. The number of methoxy groups -OCH3 is 3. The fourth-order valence-corrected chi connectivity index (χ4v) is 2.59. The SMILES string of the molecule is COc1cc(C(=O)Nc2ccc(I)cc2)c([N+](=O)[O-])c(OC)c1OC. The minimum Gasteiger partial charge on any atom is -0.493 e. The fraction of sp³-hybridized carbons (Fsp3) is 0.188. The molecule has 0 aromatic heterocycles. The summed E-state index contributed by atoms with van der Waals surface area (Å²) >= 11 is 2.13. The number of carbonyl (C=O) groups is 1. The molecule has 0 unspecified atom stereocenters. The Morgan fingerprint density at radius 1 is 1.08 bits per heavy atom. The lowest BCUT2D eigenvalue weighted by molar-refractivity contribution is -0.386. The van der Waals surface area contributed by atoms with Gasteiger partial charge in [0.25, 0.3) is 5.91 Å². The Morgan fingerprint density at radius 2 is 1.68 bits per heavy atom. The summed E-state index contributed by atoms with van der Waals surface area (Å²) in [4.78, 5) is 23.4. The van der Waals surface area contributed by atoms with Gasteiger partial charge in [0, 0.05) is 15.3 Å². The first-order valence-corrected chi connectivity index (χ1v) is 8.05. The first-order valence-electron chi connectivity index (χ1n) is 6.97. The highest BCUT2D eigenvalue weighted by molar-refractivity contribution is 14.1. The third kappa shape index (κ3) is 3.92. The van der Waals surface area contributed by atoms with Crippen molar-refractivity contribution in [1.82, 2.24) is 0 Å². The Morgan fingerprint density at radius 3 is 2.16 bits per heavy atom. The van der Waals surface area contributed by atoms with Crippen LogP contribution < -0.4 is 19.5 Å². The highest BCUT2D eigenvalue weighted by Gasteiger charge is 2.32. The number of ether oxygens (including phenoxy) is 3. The number of nitrogens with one attached hydrogen (secondary N) is 1. The van der Waals surface area contributed by atoms with Crippen molar-refractivity contribution in [3.05, 3.63) is 49.6 Å². The maximum Gasteiger partial charge on any atom is 0.327 e. The molecule has 0 saturated carbocycles. The molecule has 0 saturated heterocycles. The number of amides is 1. The molecular formula is C16H15IN2O6. The number of rotatable bonds is 6. The number of hydrogen-bond donors (Lipinski definition) is 1. The molecule has 2 aromatic rings. The highest BCUT2D eigenvalue weighted by Crippen LogP contribution is 2.46. The van der Waals surface area contributed by atoms with Gasteiger partial charge in [-0.2, -0.15) is 0 Å². The van der Waals surface area contributed by atoms with E-state index >= 15 is 0 Å². The van der Waals surface area contributed by atoms with E-state index in [1.165, 1.54) is 27.4 Å². The number of nitro benzene ring substituents is 1. The zero-order valence-electron chi connectivity index (χ0n) is 13.7. The maximum absolute atomic E-state index is 12.6. The lowest BCUT2D eigenvalue weighted by atomic mass is 10.1. The summed E-state index contributed by atoms with van der Waals surface area (Å²) in [6.07, 6.45) is 0. The predicted molar refractivity (Wildman–Crippen MR) is 99.9 cm³/mol. The third-order valence-corrected chi connectivity index (χ3v) is 4.05. The highest BCUT2D eigenvalue weighted by atomic mass is 127. The molecule has 0 aliphatic carbocycles. The van der Waals surface area contributed by atoms with Crippen LogP contribution in [0.15, 0.2) is 30.3 Å². The van der Waals surface area contributed by atoms with Crippen LogP contribution in [0.5, 0.6) is 17.2 Å². The maximum atomic E-state index is 12.6. The summed E-state index contributed by atoms with van der Waals surface area (Å²) in [5.74, 6) is -0.646. The number of nitro groups is 1. The second-order valence-electron chi connectivity index (χ2n) is 4.76. The van der Waals surface area contributed by atoms with Crippen LogP contribution in [0.1, 0.15) is 10.4 Å². The smallest absolute Gasteiger partial charge is 0.327 e. The van der Waals surface area contributed by atoms with Crippen molar-refractivity contribution in [3.63, 3.8) is 0 Å². The zero-order chi connectivity index (χ0) is 18.6. The van der Waals surface area contributed by atoms with Crippen LogP contribution in [0.4, 0.5) is 11.4 Å². The van der Waals surface area contributed by atoms with E-state index in [9.17, 15) is 14.9 Å². The molecule has 0 aliphatic rings. The van der Waals surface area contributed by atoms with Crippen molar-refractivity contribution in [2.45, 2.75) is 0 Å². The normalized spacial score (nSPS) is 10.1. The number of nitrogens with zero attached hydrogens (tertiary/aromatic N) is 1. The van der Waals surface area contributed by atoms with E-state index in [4.69, 9.17) is 14.2 Å². The number of halogens is 1. The molecule has 0 heterocycles. The topological polar surface area (TPSA) is 99.9 Å². The molecule has 0 spiro atoms. The van der Waals surface area contributed by atoms with Crippen molar-refractivity contribution < 1.29 is 23.9 Å².